The van der Waals surface area contributed by atoms with Crippen molar-refractivity contribution in [1.82, 2.24) is 4.57 Å². The molecule has 1 aliphatic rings. The number of rotatable bonds is 2. The number of nitrogens with one attached hydrogen (secondary N) is 1. The van der Waals surface area contributed by atoms with Gasteiger partial charge in [-0.1, -0.05) is 60.7 Å². The first kappa shape index (κ1) is 18.2. The number of quaternary nitrogens is 1. The molecule has 0 saturated heterocycles. The highest BCUT2D eigenvalue weighted by Gasteiger charge is 2.39. The van der Waals surface area contributed by atoms with E-state index >= 15 is 0 Å². The van der Waals surface area contributed by atoms with Crippen molar-refractivity contribution in [1.29, 1.82) is 0 Å². The van der Waals surface area contributed by atoms with Gasteiger partial charge in [0.1, 0.15) is 11.2 Å². The second kappa shape index (κ2) is 6.73. The fraction of sp³-hybridized carbons (Fsp3) is 0.143. The van der Waals surface area contributed by atoms with Crippen LogP contribution in [0.4, 0.5) is 17.1 Å². The lowest BCUT2D eigenvalue weighted by molar-refractivity contribution is -0.779. The Labute approximate surface area is 182 Å². The number of para-hydroxylation sites is 4. The lowest BCUT2D eigenvalue weighted by Gasteiger charge is -2.24. The molecule has 4 aromatic carbocycles. The molecule has 5 aromatic rings. The molecule has 152 valence electrons. The lowest BCUT2D eigenvalue weighted by Crippen LogP contribution is -3.06. The van der Waals surface area contributed by atoms with Crippen molar-refractivity contribution in [3.63, 3.8) is 0 Å². The van der Waals surface area contributed by atoms with E-state index in [0.29, 0.717) is 6.17 Å². The zero-order valence-corrected chi connectivity index (χ0v) is 18.1. The van der Waals surface area contributed by atoms with Gasteiger partial charge in [-0.25, -0.2) is 4.90 Å². The van der Waals surface area contributed by atoms with Crippen LogP contribution in [0.1, 0.15) is 12.5 Å². The number of hydrogen-bond donors (Lipinski definition) is 1. The zero-order valence-electron chi connectivity index (χ0n) is 18.1. The minimum absolute atomic E-state index is 0.309. The number of hydrogen-bond acceptors (Lipinski definition) is 1. The van der Waals surface area contributed by atoms with Crippen molar-refractivity contribution < 1.29 is 4.90 Å². The van der Waals surface area contributed by atoms with Gasteiger partial charge in [-0.2, -0.15) is 0 Å². The predicted molar refractivity (Wildman–Crippen MR) is 130 cm³/mol. The third kappa shape index (κ3) is 2.50. The van der Waals surface area contributed by atoms with Crippen LogP contribution < -0.4 is 9.80 Å². The summed E-state index contributed by atoms with van der Waals surface area (Å²) in [6.45, 7) is 4.57. The van der Waals surface area contributed by atoms with E-state index in [1.54, 1.807) is 0 Å². The van der Waals surface area contributed by atoms with Gasteiger partial charge in [-0.05, 0) is 31.2 Å². The highest BCUT2D eigenvalue weighted by molar-refractivity contribution is 6.12. The molecule has 0 aliphatic carbocycles. The van der Waals surface area contributed by atoms with E-state index in [9.17, 15) is 0 Å². The Hall–Kier alpha value is -3.56. The number of aryl methyl sites for hydroxylation is 1. The molecular weight excluding hydrogens is 378 g/mol. The predicted octanol–water partition coefficient (Wildman–Crippen LogP) is 5.74. The summed E-state index contributed by atoms with van der Waals surface area (Å²) in [5, 5.41) is 2.61. The van der Waals surface area contributed by atoms with Gasteiger partial charge in [0.2, 0.25) is 0 Å². The monoisotopic (exact) mass is 404 g/mol. The summed E-state index contributed by atoms with van der Waals surface area (Å²) in [5.41, 5.74) is 9.10. The molecule has 0 amide bonds. The normalized spacial score (nSPS) is 18.1. The highest BCUT2D eigenvalue weighted by atomic mass is 15.4. The zero-order chi connectivity index (χ0) is 21.1. The van der Waals surface area contributed by atoms with Crippen LogP contribution in [0.15, 0.2) is 91.0 Å². The second-order valence-electron chi connectivity index (χ2n) is 8.56. The maximum absolute atomic E-state index is 2.45. The number of nitrogens with zero attached hydrogens (tertiary/aromatic N) is 2. The molecule has 0 bridgehead atoms. The Morgan fingerprint density at radius 1 is 0.742 bits per heavy atom. The summed E-state index contributed by atoms with van der Waals surface area (Å²) in [4.78, 5) is 3.82. The standard InChI is InChI=1S/C28H25N3/c1-19-17-18-23-22-13-7-8-14-24(22)31(21-11-5-4-6-12-21)28(23)27(19)30-20(2)29(3)25-15-9-10-16-26(25)30/h4-18,20H,1-3H3/p+1. The quantitative estimate of drug-likeness (QED) is 0.396. The van der Waals surface area contributed by atoms with E-state index in [1.165, 1.54) is 55.0 Å². The Kier molecular flexibility index (Phi) is 3.95. The molecule has 1 aliphatic heterocycles. The average Bonchev–Trinajstić information content (AvgIpc) is 3.27. The van der Waals surface area contributed by atoms with Gasteiger partial charge in [0.25, 0.3) is 0 Å². The molecule has 0 fully saturated rings. The SMILES string of the molecule is Cc1ccc2c3ccccc3n(-c3ccccc3)c2c1[NH+]1c2ccccc2N(C)C1C. The molecule has 3 nitrogen and oxygen atoms in total. The van der Waals surface area contributed by atoms with E-state index < -0.39 is 0 Å². The summed E-state index contributed by atoms with van der Waals surface area (Å²) >= 11 is 0. The first-order valence-electron chi connectivity index (χ1n) is 10.9. The Morgan fingerprint density at radius 2 is 1.45 bits per heavy atom. The minimum Gasteiger partial charge on any atom is -0.320 e. The fourth-order valence-electron chi connectivity index (χ4n) is 5.32. The molecule has 31 heavy (non-hydrogen) atoms. The van der Waals surface area contributed by atoms with E-state index in [4.69, 9.17) is 0 Å². The largest absolute Gasteiger partial charge is 0.320 e. The molecule has 2 unspecified atom stereocenters. The van der Waals surface area contributed by atoms with Gasteiger partial charge < -0.3 is 9.47 Å². The average molecular weight is 405 g/mol. The topological polar surface area (TPSA) is 12.6 Å². The Balaban J connectivity index is 1.77. The first-order valence-corrected chi connectivity index (χ1v) is 10.9. The van der Waals surface area contributed by atoms with Gasteiger partial charge in [-0.15, -0.1) is 0 Å². The summed E-state index contributed by atoms with van der Waals surface area (Å²) < 4.78 is 2.45. The third-order valence-corrected chi connectivity index (χ3v) is 6.90. The van der Waals surface area contributed by atoms with Crippen LogP contribution in [-0.4, -0.2) is 17.8 Å². The second-order valence-corrected chi connectivity index (χ2v) is 8.56. The fourth-order valence-corrected chi connectivity index (χ4v) is 5.32. The molecule has 6 rings (SSSR count). The molecule has 0 spiro atoms. The van der Waals surface area contributed by atoms with Gasteiger partial charge >= 0.3 is 0 Å². The summed E-state index contributed by atoms with van der Waals surface area (Å²) in [7, 11) is 2.21. The molecule has 0 saturated carbocycles. The molecule has 2 heterocycles. The van der Waals surface area contributed by atoms with Crippen molar-refractivity contribution in [3.05, 3.63) is 96.6 Å². The van der Waals surface area contributed by atoms with E-state index in [-0.39, 0.29) is 0 Å². The minimum atomic E-state index is 0.309. The highest BCUT2D eigenvalue weighted by Crippen LogP contribution is 2.39. The Morgan fingerprint density at radius 3 is 2.29 bits per heavy atom. The summed E-state index contributed by atoms with van der Waals surface area (Å²) in [6, 6.07) is 32.9. The number of anilines is 1. The van der Waals surface area contributed by atoms with Crippen molar-refractivity contribution in [2.75, 3.05) is 11.9 Å². The lowest BCUT2D eigenvalue weighted by atomic mass is 10.1. The van der Waals surface area contributed by atoms with Gasteiger partial charge in [0.15, 0.2) is 17.5 Å². The van der Waals surface area contributed by atoms with Gasteiger partial charge in [0, 0.05) is 42.1 Å². The maximum atomic E-state index is 2.45. The maximum Gasteiger partial charge on any atom is 0.169 e. The number of fused-ring (bicyclic) bond motifs is 4. The van der Waals surface area contributed by atoms with E-state index in [1.807, 2.05) is 0 Å². The van der Waals surface area contributed by atoms with Crippen molar-refractivity contribution in [3.8, 4) is 5.69 Å². The van der Waals surface area contributed by atoms with E-state index in [2.05, 4.69) is 121 Å². The van der Waals surface area contributed by atoms with Gasteiger partial charge in [-0.3, -0.25) is 0 Å². The molecule has 0 radical (unpaired) electrons. The van der Waals surface area contributed by atoms with Crippen molar-refractivity contribution >= 4 is 38.9 Å². The van der Waals surface area contributed by atoms with Gasteiger partial charge in [0.05, 0.1) is 5.52 Å². The van der Waals surface area contributed by atoms with Crippen LogP contribution in [0, 0.1) is 6.92 Å². The smallest absolute Gasteiger partial charge is 0.169 e. The molecule has 1 aromatic heterocycles. The van der Waals surface area contributed by atoms with Crippen molar-refractivity contribution in [2.45, 2.75) is 20.0 Å². The van der Waals surface area contributed by atoms with Crippen LogP contribution >= 0.6 is 0 Å². The van der Waals surface area contributed by atoms with Crippen LogP contribution in [-0.2, 0) is 0 Å². The van der Waals surface area contributed by atoms with Crippen LogP contribution in [0.25, 0.3) is 27.5 Å². The molecule has 3 heteroatoms. The first-order chi connectivity index (χ1) is 15.2. The molecule has 2 atom stereocenters. The summed E-state index contributed by atoms with van der Waals surface area (Å²) in [5.74, 6) is 0. The Bertz CT molecular complexity index is 1430. The van der Waals surface area contributed by atoms with Crippen molar-refractivity contribution in [2.24, 2.45) is 0 Å². The third-order valence-electron chi connectivity index (χ3n) is 6.90. The molecular formula is C28H26N3+. The van der Waals surface area contributed by atoms with Crippen LogP contribution in [0.3, 0.4) is 0 Å². The van der Waals surface area contributed by atoms with Crippen LogP contribution in [0.5, 0.6) is 0 Å². The number of aromatic nitrogens is 1. The van der Waals surface area contributed by atoms with E-state index in [0.717, 1.165) is 0 Å². The van der Waals surface area contributed by atoms with Crippen LogP contribution in [0.2, 0.25) is 0 Å². The molecule has 1 N–H and O–H groups in total. The number of benzene rings is 4. The summed E-state index contributed by atoms with van der Waals surface area (Å²) in [6.07, 6.45) is 0.309.